The molecule has 4 saturated carbocycles. The van der Waals surface area contributed by atoms with Crippen molar-refractivity contribution < 1.29 is 21.3 Å². The van der Waals surface area contributed by atoms with Gasteiger partial charge in [0.25, 0.3) is 0 Å². The Morgan fingerprint density at radius 2 is 0.468 bits per heavy atom. The van der Waals surface area contributed by atoms with E-state index in [-0.39, 0.29) is 0 Å². The van der Waals surface area contributed by atoms with E-state index >= 15 is 0 Å². The molecule has 0 aromatic heterocycles. The van der Waals surface area contributed by atoms with Crippen LogP contribution in [-0.2, 0) is 31.2 Å². The fourth-order valence-corrected chi connectivity index (χ4v) is 12.0. The predicted octanol–water partition coefficient (Wildman–Crippen LogP) is 4.43. The van der Waals surface area contributed by atoms with Gasteiger partial charge in [0, 0.05) is 9.92 Å². The molecule has 8 atom stereocenters. The fraction of sp³-hybridized carbons (Fsp3) is 1.00. The van der Waals surface area contributed by atoms with Crippen molar-refractivity contribution in [3.05, 3.63) is 0 Å². The van der Waals surface area contributed by atoms with Crippen molar-refractivity contribution in [1.29, 1.82) is 0 Å². The molecule has 0 radical (unpaired) electrons. The van der Waals surface area contributed by atoms with Crippen molar-refractivity contribution in [2.75, 3.05) is 0 Å². The number of nitrogens with one attached hydrogen (secondary N) is 8. The zero-order chi connectivity index (χ0) is 32.5. The van der Waals surface area contributed by atoms with Crippen LogP contribution in [0.5, 0.6) is 0 Å². The Bertz CT molecular complexity index is 903. The molecule has 0 aromatic rings. The summed E-state index contributed by atoms with van der Waals surface area (Å²) in [6.07, 6.45) is 25.6. The van der Waals surface area contributed by atoms with E-state index in [1.807, 2.05) is 0 Å². The topological polar surface area (TPSA) is 130 Å². The number of fused-ring (bicyclic) bond motifs is 20. The van der Waals surface area contributed by atoms with Gasteiger partial charge in [-0.15, -0.1) is 0 Å². The van der Waals surface area contributed by atoms with Crippen LogP contribution in [0.3, 0.4) is 0 Å². The molecule has 5 aliphatic heterocycles. The molecule has 5 heterocycles. The Labute approximate surface area is 302 Å². The van der Waals surface area contributed by atoms with E-state index in [1.165, 1.54) is 103 Å². The molecular formula is C32H56Cl3CoN8O2S. The number of hydrogen-bond acceptors (Lipinski definition) is 11. The van der Waals surface area contributed by atoms with Crippen molar-refractivity contribution in [1.82, 2.24) is 42.5 Å². The zero-order valence-electron chi connectivity index (χ0n) is 27.2. The first-order chi connectivity index (χ1) is 22.9. The van der Waals surface area contributed by atoms with E-state index in [0.29, 0.717) is 62.2 Å². The third-order valence-electron chi connectivity index (χ3n) is 13.8. The number of hydrogen-bond donors (Lipinski definition) is 8. The predicted molar refractivity (Wildman–Crippen MR) is 183 cm³/mol. The summed E-state index contributed by atoms with van der Waals surface area (Å²) >= 11 is 0.382. The molecule has 8 N–H and O–H groups in total. The summed E-state index contributed by atoms with van der Waals surface area (Å²) in [5.41, 5.74) is 0. The molecule has 47 heavy (non-hydrogen) atoms. The summed E-state index contributed by atoms with van der Waals surface area (Å²) < 4.78 is 17.5. The van der Waals surface area contributed by atoms with E-state index in [0.717, 1.165) is 47.3 Å². The van der Waals surface area contributed by atoms with Crippen molar-refractivity contribution in [2.24, 2.45) is 47.3 Å². The average Bonchev–Trinajstić information content (AvgIpc) is 3.81. The van der Waals surface area contributed by atoms with Crippen LogP contribution in [0, 0.1) is 47.3 Å². The average molecular weight is 782 g/mol. The van der Waals surface area contributed by atoms with Crippen LogP contribution in [0.25, 0.3) is 0 Å². The van der Waals surface area contributed by atoms with Gasteiger partial charge in [-0.25, -0.2) is 0 Å². The third kappa shape index (κ3) is 8.01. The minimum atomic E-state index is -2.39. The quantitative estimate of drug-likeness (QED) is 0.132. The van der Waals surface area contributed by atoms with E-state index in [9.17, 15) is 0 Å². The van der Waals surface area contributed by atoms with Crippen LogP contribution in [0.4, 0.5) is 0 Å². The van der Waals surface area contributed by atoms with Crippen molar-refractivity contribution in [2.45, 2.75) is 152 Å². The van der Waals surface area contributed by atoms with Crippen molar-refractivity contribution >= 4 is 40.9 Å². The molecule has 9 fully saturated rings. The van der Waals surface area contributed by atoms with Gasteiger partial charge in [-0.1, -0.05) is 51.4 Å². The maximum absolute atomic E-state index is 8.77. The van der Waals surface area contributed by atoms with E-state index in [4.69, 9.17) is 28.7 Å². The van der Waals surface area contributed by atoms with Crippen LogP contribution < -0.4 is 42.5 Å². The zero-order valence-corrected chi connectivity index (χ0v) is 31.4. The molecule has 0 amide bonds. The van der Waals surface area contributed by atoms with Crippen LogP contribution in [0.1, 0.15) is 103 Å². The monoisotopic (exact) mass is 780 g/mol. The van der Waals surface area contributed by atoms with Crippen molar-refractivity contribution in [3.63, 3.8) is 0 Å². The third-order valence-corrected chi connectivity index (χ3v) is 13.8. The van der Waals surface area contributed by atoms with Gasteiger partial charge < -0.3 is 8.42 Å². The van der Waals surface area contributed by atoms with Gasteiger partial charge in [-0.05, 0) is 98.7 Å². The summed E-state index contributed by atoms with van der Waals surface area (Å²) in [6.45, 7) is 0. The fourth-order valence-electron chi connectivity index (χ4n) is 12.0. The molecule has 4 aliphatic carbocycles. The molecule has 15 heteroatoms. The Hall–Kier alpha value is 1.01. The number of rotatable bonds is 0. The van der Waals surface area contributed by atoms with Gasteiger partial charge in [-0.2, -0.15) is 10.7 Å². The second kappa shape index (κ2) is 16.8. The molecule has 272 valence electrons. The summed E-state index contributed by atoms with van der Waals surface area (Å²) in [7, 11) is 11.3. The first-order valence-electron chi connectivity index (χ1n) is 18.6. The normalized spacial score (nSPS) is 50.2. The van der Waals surface area contributed by atoms with Gasteiger partial charge >= 0.3 is 33.2 Å². The number of halogens is 3. The summed E-state index contributed by atoms with van der Waals surface area (Å²) in [6, 6.07) is 0. The van der Waals surface area contributed by atoms with Crippen LogP contribution in [0.15, 0.2) is 0 Å². The van der Waals surface area contributed by atoms with E-state index < -0.39 is 9.92 Å². The Balaban J connectivity index is 0.000000462. The standard InChI is InChI=1S/C32H56N8.ClO2S.2ClH.Co/c1-2-10-18-17(9-1)25-33-26(18)38-28-21-13-5-6-14-22(21)30(35-28)40-32-24-16-8-7-15-23(24)31(36-32)39-29-20-12-4-3-11-19(20)27(34-29)37-25;1-4(2)3;;;/h17-40H,1-16H2;;2*1H;/q;-1;;;+3/p-2. The molecule has 9 aliphatic rings. The first-order valence-corrected chi connectivity index (χ1v) is 23.4. The molecule has 0 spiro atoms. The Kier molecular flexibility index (Phi) is 13.0. The SMILES string of the molecule is C1CCC2C3NC(NC4NC(NC5NC(NC6NC(N3)C3CCCCC63)C3CCCCC53)C3CCCCC43)C2C1.O=[S-](=O)Cl.[Cl][Co+][Cl]. The van der Waals surface area contributed by atoms with Gasteiger partial charge in [-0.3, -0.25) is 42.5 Å². The van der Waals surface area contributed by atoms with E-state index in [2.05, 4.69) is 53.2 Å². The maximum atomic E-state index is 8.77. The molecule has 5 saturated heterocycles. The summed E-state index contributed by atoms with van der Waals surface area (Å²) in [4.78, 5) is 0. The Morgan fingerprint density at radius 1 is 0.362 bits per heavy atom. The minimum absolute atomic E-state index is 0.382. The van der Waals surface area contributed by atoms with Gasteiger partial charge in [0.1, 0.15) is 0 Å². The molecule has 9 rings (SSSR count). The molecule has 8 bridgehead atoms. The molecular weight excluding hydrogens is 726 g/mol. The second-order valence-electron chi connectivity index (χ2n) is 15.8. The van der Waals surface area contributed by atoms with Gasteiger partial charge in [0.2, 0.25) is 0 Å². The van der Waals surface area contributed by atoms with E-state index in [1.54, 1.807) is 0 Å². The Morgan fingerprint density at radius 3 is 0.574 bits per heavy atom. The van der Waals surface area contributed by atoms with Crippen molar-refractivity contribution in [3.8, 4) is 0 Å². The second-order valence-corrected chi connectivity index (χ2v) is 18.7. The van der Waals surface area contributed by atoms with Crippen LogP contribution in [0.2, 0.25) is 0 Å². The van der Waals surface area contributed by atoms with Gasteiger partial charge in [0.05, 0.1) is 49.3 Å². The van der Waals surface area contributed by atoms with Crippen LogP contribution in [-0.4, -0.2) is 49.3 Å². The first kappa shape index (κ1) is 36.4. The van der Waals surface area contributed by atoms with Gasteiger partial charge in [0.15, 0.2) is 0 Å². The van der Waals surface area contributed by atoms with Crippen LogP contribution >= 0.6 is 31.0 Å². The molecule has 0 aromatic carbocycles. The summed E-state index contributed by atoms with van der Waals surface area (Å²) in [5.74, 6) is 5.97. The molecule has 10 nitrogen and oxygen atoms in total. The summed E-state index contributed by atoms with van der Waals surface area (Å²) in [5, 5.41) is 33.8. The molecule has 8 unspecified atom stereocenters.